The lowest BCUT2D eigenvalue weighted by molar-refractivity contribution is 0.620. The van der Waals surface area contributed by atoms with Gasteiger partial charge in [0.1, 0.15) is 27.8 Å². The molecule has 0 unspecified atom stereocenters. The van der Waals surface area contributed by atoms with Crippen LogP contribution in [0.1, 0.15) is 0 Å². The second kappa shape index (κ2) is 10.3. The Labute approximate surface area is 285 Å². The third-order valence-electron chi connectivity index (χ3n) is 9.84. The van der Waals surface area contributed by atoms with Crippen LogP contribution in [0.5, 0.6) is 0 Å². The molecule has 0 aliphatic rings. The van der Waals surface area contributed by atoms with E-state index < -0.39 is 0 Å². The summed E-state index contributed by atoms with van der Waals surface area (Å²) in [4.78, 5) is 7.20. The standard InChI is InChI=1S/C45H26N2O3/c1-2-9-28-22-31(17-16-27(28)8-1)47(32-18-20-35-34-12-5-6-14-39(34)48-41(35)25-32)33-19-21-36-42(26-33)49-40-15-7-13-37(44(36)40)45-46-38-23-29-10-3-4-11-30(29)24-43(38)50-45/h1-26H. The van der Waals surface area contributed by atoms with Crippen molar-refractivity contribution in [3.8, 4) is 11.5 Å². The molecule has 0 N–H and O–H groups in total. The van der Waals surface area contributed by atoms with E-state index in [-0.39, 0.29) is 0 Å². The fourth-order valence-corrected chi connectivity index (χ4v) is 7.48. The Kier molecular flexibility index (Phi) is 5.60. The van der Waals surface area contributed by atoms with Gasteiger partial charge in [-0.3, -0.25) is 0 Å². The van der Waals surface area contributed by atoms with Gasteiger partial charge in [0.05, 0.1) is 0 Å². The van der Waals surface area contributed by atoms with E-state index >= 15 is 0 Å². The Hall–Kier alpha value is -6.85. The van der Waals surface area contributed by atoms with E-state index in [9.17, 15) is 0 Å². The normalized spacial score (nSPS) is 12.0. The van der Waals surface area contributed by atoms with Crippen molar-refractivity contribution < 1.29 is 13.3 Å². The summed E-state index contributed by atoms with van der Waals surface area (Å²) in [6.45, 7) is 0. The molecule has 5 nitrogen and oxygen atoms in total. The van der Waals surface area contributed by atoms with Crippen molar-refractivity contribution in [2.24, 2.45) is 0 Å². The molecule has 3 heterocycles. The molecule has 3 aromatic heterocycles. The SMILES string of the molecule is c1ccc2cc(N(c3ccc4c(c3)oc3ccccc34)c3ccc4c(c3)oc3cccc(-c5nc6cc7ccccc7cc6o5)c34)ccc2c1. The van der Waals surface area contributed by atoms with E-state index in [1.165, 1.54) is 10.8 Å². The van der Waals surface area contributed by atoms with Crippen LogP contribution in [0.15, 0.2) is 171 Å². The molecule has 0 aliphatic heterocycles. The van der Waals surface area contributed by atoms with Gasteiger partial charge < -0.3 is 18.2 Å². The zero-order chi connectivity index (χ0) is 32.8. The highest BCUT2D eigenvalue weighted by atomic mass is 16.4. The van der Waals surface area contributed by atoms with Gasteiger partial charge in [0, 0.05) is 56.3 Å². The number of nitrogens with zero attached hydrogens (tertiary/aromatic N) is 2. The van der Waals surface area contributed by atoms with Crippen LogP contribution < -0.4 is 4.90 Å². The van der Waals surface area contributed by atoms with Crippen LogP contribution >= 0.6 is 0 Å². The van der Waals surface area contributed by atoms with Crippen molar-refractivity contribution in [3.05, 3.63) is 158 Å². The van der Waals surface area contributed by atoms with E-state index in [2.05, 4.69) is 120 Å². The topological polar surface area (TPSA) is 55.6 Å². The molecule has 0 radical (unpaired) electrons. The second-order valence-corrected chi connectivity index (χ2v) is 12.8. The molecule has 0 spiro atoms. The Morgan fingerprint density at radius 2 is 0.980 bits per heavy atom. The predicted octanol–water partition coefficient (Wildman–Crippen LogP) is 13.1. The highest BCUT2D eigenvalue weighted by molar-refractivity contribution is 6.13. The van der Waals surface area contributed by atoms with Crippen LogP contribution in [-0.2, 0) is 0 Å². The number of hydrogen-bond donors (Lipinski definition) is 0. The van der Waals surface area contributed by atoms with Crippen LogP contribution in [0.4, 0.5) is 17.1 Å². The molecule has 8 aromatic carbocycles. The summed E-state index contributed by atoms with van der Waals surface area (Å²) >= 11 is 0. The smallest absolute Gasteiger partial charge is 0.228 e. The molecule has 0 amide bonds. The van der Waals surface area contributed by atoms with Gasteiger partial charge in [0.2, 0.25) is 5.89 Å². The summed E-state index contributed by atoms with van der Waals surface area (Å²) < 4.78 is 19.3. The quantitative estimate of drug-likeness (QED) is 0.191. The van der Waals surface area contributed by atoms with Gasteiger partial charge in [0.15, 0.2) is 5.58 Å². The average Bonchev–Trinajstić information content (AvgIpc) is 3.86. The zero-order valence-corrected chi connectivity index (χ0v) is 26.6. The molecule has 11 rings (SSSR count). The lowest BCUT2D eigenvalue weighted by Crippen LogP contribution is -2.09. The lowest BCUT2D eigenvalue weighted by atomic mass is 10.0. The molecule has 0 aliphatic carbocycles. The van der Waals surface area contributed by atoms with E-state index in [0.29, 0.717) is 5.89 Å². The van der Waals surface area contributed by atoms with Gasteiger partial charge in [-0.2, -0.15) is 0 Å². The largest absolute Gasteiger partial charge is 0.456 e. The third-order valence-corrected chi connectivity index (χ3v) is 9.84. The number of oxazole rings is 1. The van der Waals surface area contributed by atoms with Crippen LogP contribution in [0, 0.1) is 0 Å². The fraction of sp³-hybridized carbons (Fsp3) is 0. The first-order valence-electron chi connectivity index (χ1n) is 16.7. The zero-order valence-electron chi connectivity index (χ0n) is 26.6. The van der Waals surface area contributed by atoms with Crippen molar-refractivity contribution in [2.45, 2.75) is 0 Å². The Bertz CT molecular complexity index is 3080. The number of aromatic nitrogens is 1. The van der Waals surface area contributed by atoms with Crippen molar-refractivity contribution in [2.75, 3.05) is 4.90 Å². The number of furan rings is 2. The summed E-state index contributed by atoms with van der Waals surface area (Å²) in [5.41, 5.74) is 8.77. The number of hydrogen-bond acceptors (Lipinski definition) is 5. The first-order valence-corrected chi connectivity index (χ1v) is 16.7. The maximum absolute atomic E-state index is 6.58. The predicted molar refractivity (Wildman–Crippen MR) is 204 cm³/mol. The number of para-hydroxylation sites is 1. The van der Waals surface area contributed by atoms with Crippen LogP contribution in [0.2, 0.25) is 0 Å². The molecular formula is C45H26N2O3. The molecule has 0 saturated carbocycles. The molecule has 5 heteroatoms. The first-order chi connectivity index (χ1) is 24.7. The summed E-state index contributed by atoms with van der Waals surface area (Å²) in [5.74, 6) is 0.574. The van der Waals surface area contributed by atoms with E-state index in [4.69, 9.17) is 18.2 Å². The maximum Gasteiger partial charge on any atom is 0.228 e. The van der Waals surface area contributed by atoms with E-state index in [1.807, 2.05) is 42.5 Å². The molecule has 11 aromatic rings. The van der Waals surface area contributed by atoms with Gasteiger partial charge in [-0.05, 0) is 88.3 Å². The Morgan fingerprint density at radius 3 is 1.82 bits per heavy atom. The third kappa shape index (κ3) is 4.10. The number of fused-ring (bicyclic) bond motifs is 9. The van der Waals surface area contributed by atoms with Crippen LogP contribution in [-0.4, -0.2) is 4.98 Å². The first kappa shape index (κ1) is 27.1. The van der Waals surface area contributed by atoms with E-state index in [1.54, 1.807) is 0 Å². The average molecular weight is 643 g/mol. The van der Waals surface area contributed by atoms with Gasteiger partial charge in [-0.1, -0.05) is 78.9 Å². The van der Waals surface area contributed by atoms with Gasteiger partial charge in [0.25, 0.3) is 0 Å². The highest BCUT2D eigenvalue weighted by Crippen LogP contribution is 2.43. The van der Waals surface area contributed by atoms with Crippen molar-refractivity contribution in [1.82, 2.24) is 4.98 Å². The number of rotatable bonds is 4. The number of benzene rings is 8. The Morgan fingerprint density at radius 1 is 0.380 bits per heavy atom. The summed E-state index contributed by atoms with van der Waals surface area (Å²) in [6.07, 6.45) is 0. The lowest BCUT2D eigenvalue weighted by Gasteiger charge is -2.25. The van der Waals surface area contributed by atoms with Gasteiger partial charge in [-0.25, -0.2) is 4.98 Å². The maximum atomic E-state index is 6.58. The van der Waals surface area contributed by atoms with Crippen molar-refractivity contribution in [3.63, 3.8) is 0 Å². The minimum absolute atomic E-state index is 0.574. The molecule has 0 bridgehead atoms. The summed E-state index contributed by atoms with van der Waals surface area (Å²) in [5, 5.41) is 8.79. The molecule has 50 heavy (non-hydrogen) atoms. The van der Waals surface area contributed by atoms with Gasteiger partial charge in [-0.15, -0.1) is 0 Å². The Balaban J connectivity index is 1.09. The molecule has 0 atom stereocenters. The van der Waals surface area contributed by atoms with Crippen LogP contribution in [0.25, 0.3) is 88.0 Å². The highest BCUT2D eigenvalue weighted by Gasteiger charge is 2.21. The minimum atomic E-state index is 0.574. The fourth-order valence-electron chi connectivity index (χ4n) is 7.48. The van der Waals surface area contributed by atoms with Gasteiger partial charge >= 0.3 is 0 Å². The minimum Gasteiger partial charge on any atom is -0.456 e. The molecular weight excluding hydrogens is 617 g/mol. The van der Waals surface area contributed by atoms with Crippen molar-refractivity contribution >= 4 is 93.6 Å². The van der Waals surface area contributed by atoms with E-state index in [0.717, 1.165) is 88.4 Å². The molecule has 234 valence electrons. The molecule has 0 saturated heterocycles. The molecule has 0 fully saturated rings. The van der Waals surface area contributed by atoms with Crippen LogP contribution in [0.3, 0.4) is 0 Å². The second-order valence-electron chi connectivity index (χ2n) is 12.8. The van der Waals surface area contributed by atoms with Crippen molar-refractivity contribution in [1.29, 1.82) is 0 Å². The summed E-state index contributed by atoms with van der Waals surface area (Å²) in [7, 11) is 0. The number of anilines is 3. The monoisotopic (exact) mass is 642 g/mol. The summed E-state index contributed by atoms with van der Waals surface area (Å²) in [6, 6.07) is 54.5.